The first-order valence-electron chi connectivity index (χ1n) is 10.5. The summed E-state index contributed by atoms with van der Waals surface area (Å²) >= 11 is 3.39. The number of halogens is 1. The average molecular weight is 484 g/mol. The number of piperidine rings is 1. The first-order valence-corrected chi connectivity index (χ1v) is 11.3. The molecule has 31 heavy (non-hydrogen) atoms. The van der Waals surface area contributed by atoms with E-state index in [2.05, 4.69) is 27.8 Å². The predicted molar refractivity (Wildman–Crippen MR) is 124 cm³/mol. The number of carbonyl (C=O) groups is 1. The summed E-state index contributed by atoms with van der Waals surface area (Å²) in [6.07, 6.45) is 2.81. The van der Waals surface area contributed by atoms with Gasteiger partial charge < -0.3 is 10.0 Å². The molecule has 0 aliphatic carbocycles. The summed E-state index contributed by atoms with van der Waals surface area (Å²) in [7, 11) is 0. The molecule has 1 amide bonds. The number of hydrogen-bond donors (Lipinski definition) is 1. The molecular formula is C24H26BrN3O3. The minimum absolute atomic E-state index is 0.105. The standard InChI is InChI=1S/C24H26BrN3O3/c1-17(18-5-3-2-4-6-18)13-22(29)27-11-9-24(31,10-12-27)15-28-16-26-21-14-19(25)7-8-20(21)23(28)30/h2-8,14,16-17,31H,9-13,15H2,1H3/t17-/m0/s1. The number of benzene rings is 2. The van der Waals surface area contributed by atoms with E-state index < -0.39 is 5.60 Å². The van der Waals surface area contributed by atoms with Crippen LogP contribution < -0.4 is 5.56 Å². The van der Waals surface area contributed by atoms with Crippen molar-refractivity contribution in [1.82, 2.24) is 14.5 Å². The molecule has 0 saturated carbocycles. The summed E-state index contributed by atoms with van der Waals surface area (Å²) < 4.78 is 2.34. The van der Waals surface area contributed by atoms with Crippen LogP contribution in [0.5, 0.6) is 0 Å². The summed E-state index contributed by atoms with van der Waals surface area (Å²) in [5.74, 6) is 0.255. The lowest BCUT2D eigenvalue weighted by atomic mass is 9.90. The number of aromatic nitrogens is 2. The number of aliphatic hydroxyl groups is 1. The van der Waals surface area contributed by atoms with Crippen molar-refractivity contribution >= 4 is 32.7 Å². The second-order valence-electron chi connectivity index (χ2n) is 8.46. The topological polar surface area (TPSA) is 75.4 Å². The van der Waals surface area contributed by atoms with Crippen molar-refractivity contribution in [2.45, 2.75) is 44.2 Å². The van der Waals surface area contributed by atoms with Gasteiger partial charge in [0.15, 0.2) is 0 Å². The Morgan fingerprint density at radius 2 is 1.90 bits per heavy atom. The van der Waals surface area contributed by atoms with Gasteiger partial charge in [-0.2, -0.15) is 0 Å². The van der Waals surface area contributed by atoms with E-state index in [0.29, 0.717) is 43.3 Å². The highest BCUT2D eigenvalue weighted by molar-refractivity contribution is 9.10. The molecule has 3 aromatic rings. The fraction of sp³-hybridized carbons (Fsp3) is 0.375. The largest absolute Gasteiger partial charge is 0.388 e. The molecule has 2 aromatic carbocycles. The first-order chi connectivity index (χ1) is 14.8. The predicted octanol–water partition coefficient (Wildman–Crippen LogP) is 3.71. The number of nitrogens with zero attached hydrogens (tertiary/aromatic N) is 3. The van der Waals surface area contributed by atoms with Crippen molar-refractivity contribution < 1.29 is 9.90 Å². The quantitative estimate of drug-likeness (QED) is 0.600. The summed E-state index contributed by atoms with van der Waals surface area (Å²) in [5, 5.41) is 11.6. The van der Waals surface area contributed by atoms with Crippen LogP contribution in [0.25, 0.3) is 10.9 Å². The highest BCUT2D eigenvalue weighted by atomic mass is 79.9. The highest BCUT2D eigenvalue weighted by Gasteiger charge is 2.35. The summed E-state index contributed by atoms with van der Waals surface area (Å²) in [6.45, 7) is 3.21. The Hall–Kier alpha value is -2.51. The van der Waals surface area contributed by atoms with Crippen LogP contribution in [-0.2, 0) is 11.3 Å². The second kappa shape index (κ2) is 8.93. The third-order valence-electron chi connectivity index (χ3n) is 6.15. The maximum absolute atomic E-state index is 12.8. The molecule has 0 bridgehead atoms. The van der Waals surface area contributed by atoms with E-state index in [1.54, 1.807) is 12.1 Å². The Kier molecular flexibility index (Phi) is 6.25. The van der Waals surface area contributed by atoms with Gasteiger partial charge in [0.05, 0.1) is 29.4 Å². The zero-order chi connectivity index (χ0) is 22.0. The zero-order valence-electron chi connectivity index (χ0n) is 17.5. The molecule has 1 aromatic heterocycles. The Morgan fingerprint density at radius 1 is 1.19 bits per heavy atom. The monoisotopic (exact) mass is 483 g/mol. The van der Waals surface area contributed by atoms with Crippen LogP contribution in [0.1, 0.15) is 37.7 Å². The van der Waals surface area contributed by atoms with E-state index in [4.69, 9.17) is 0 Å². The van der Waals surface area contributed by atoms with Crippen LogP contribution in [-0.4, -0.2) is 44.2 Å². The van der Waals surface area contributed by atoms with E-state index in [0.717, 1.165) is 10.0 Å². The molecule has 1 fully saturated rings. The van der Waals surface area contributed by atoms with E-state index in [1.165, 1.54) is 10.9 Å². The fourth-order valence-electron chi connectivity index (χ4n) is 4.18. The highest BCUT2D eigenvalue weighted by Crippen LogP contribution is 2.26. The van der Waals surface area contributed by atoms with E-state index >= 15 is 0 Å². The maximum Gasteiger partial charge on any atom is 0.261 e. The number of likely N-dealkylation sites (tertiary alicyclic amines) is 1. The van der Waals surface area contributed by atoms with Gasteiger partial charge in [0.2, 0.25) is 5.91 Å². The van der Waals surface area contributed by atoms with E-state index in [-0.39, 0.29) is 23.9 Å². The Morgan fingerprint density at radius 3 is 2.61 bits per heavy atom. The number of rotatable bonds is 5. The Bertz CT molecular complexity index is 1140. The SMILES string of the molecule is C[C@@H](CC(=O)N1CCC(O)(Cn2cnc3cc(Br)ccc3c2=O)CC1)c1ccccc1. The lowest BCUT2D eigenvalue weighted by Crippen LogP contribution is -2.49. The van der Waals surface area contributed by atoms with Gasteiger partial charge in [0, 0.05) is 24.0 Å². The molecule has 1 atom stereocenters. The Labute approximate surface area is 189 Å². The normalized spacial score (nSPS) is 16.9. The average Bonchev–Trinajstić information content (AvgIpc) is 2.76. The third-order valence-corrected chi connectivity index (χ3v) is 6.64. The molecule has 1 saturated heterocycles. The van der Waals surface area contributed by atoms with Crippen LogP contribution in [0.15, 0.2) is 64.1 Å². The molecule has 0 unspecified atom stereocenters. The summed E-state index contributed by atoms with van der Waals surface area (Å²) in [6, 6.07) is 15.4. The van der Waals surface area contributed by atoms with Gasteiger partial charge in [0.1, 0.15) is 0 Å². The van der Waals surface area contributed by atoms with Crippen LogP contribution in [0.2, 0.25) is 0 Å². The summed E-state index contributed by atoms with van der Waals surface area (Å²) in [4.78, 5) is 31.8. The number of carbonyl (C=O) groups excluding carboxylic acids is 1. The lowest BCUT2D eigenvalue weighted by Gasteiger charge is -2.38. The second-order valence-corrected chi connectivity index (χ2v) is 9.38. The molecule has 1 aliphatic rings. The van der Waals surface area contributed by atoms with Crippen molar-refractivity contribution in [3.8, 4) is 0 Å². The van der Waals surface area contributed by atoms with Crippen molar-refractivity contribution in [3.05, 3.63) is 75.2 Å². The molecule has 0 radical (unpaired) electrons. The molecule has 4 rings (SSSR count). The molecule has 2 heterocycles. The number of fused-ring (bicyclic) bond motifs is 1. The molecule has 1 aliphatic heterocycles. The van der Waals surface area contributed by atoms with Crippen molar-refractivity contribution in [1.29, 1.82) is 0 Å². The van der Waals surface area contributed by atoms with Gasteiger partial charge in [0.25, 0.3) is 5.56 Å². The first kappa shape index (κ1) is 21.7. The van der Waals surface area contributed by atoms with Crippen molar-refractivity contribution in [3.63, 3.8) is 0 Å². The van der Waals surface area contributed by atoms with Gasteiger partial charge >= 0.3 is 0 Å². The van der Waals surface area contributed by atoms with Crippen LogP contribution >= 0.6 is 15.9 Å². The molecule has 162 valence electrons. The maximum atomic E-state index is 12.8. The van der Waals surface area contributed by atoms with Gasteiger partial charge in [-0.1, -0.05) is 53.2 Å². The number of hydrogen-bond acceptors (Lipinski definition) is 4. The van der Waals surface area contributed by atoms with Crippen LogP contribution in [0.4, 0.5) is 0 Å². The molecule has 7 heteroatoms. The Balaban J connectivity index is 1.39. The zero-order valence-corrected chi connectivity index (χ0v) is 19.1. The number of amides is 1. The minimum atomic E-state index is -1.03. The van der Waals surface area contributed by atoms with Crippen LogP contribution in [0.3, 0.4) is 0 Å². The molecule has 1 N–H and O–H groups in total. The summed E-state index contributed by atoms with van der Waals surface area (Å²) in [5.41, 5.74) is 0.576. The van der Waals surface area contributed by atoms with Crippen molar-refractivity contribution in [2.24, 2.45) is 0 Å². The smallest absolute Gasteiger partial charge is 0.261 e. The van der Waals surface area contributed by atoms with E-state index in [9.17, 15) is 14.7 Å². The lowest BCUT2D eigenvalue weighted by molar-refractivity contribution is -0.136. The van der Waals surface area contributed by atoms with Crippen molar-refractivity contribution in [2.75, 3.05) is 13.1 Å². The van der Waals surface area contributed by atoms with Gasteiger partial charge in [-0.05, 0) is 42.5 Å². The van der Waals surface area contributed by atoms with Gasteiger partial charge in [-0.25, -0.2) is 4.98 Å². The minimum Gasteiger partial charge on any atom is -0.388 e. The van der Waals surface area contributed by atoms with Gasteiger partial charge in [-0.3, -0.25) is 14.2 Å². The molecular weight excluding hydrogens is 458 g/mol. The fourth-order valence-corrected chi connectivity index (χ4v) is 4.53. The van der Waals surface area contributed by atoms with Gasteiger partial charge in [-0.15, -0.1) is 0 Å². The van der Waals surface area contributed by atoms with Crippen LogP contribution in [0, 0.1) is 0 Å². The molecule has 0 spiro atoms. The third kappa shape index (κ3) is 4.88. The van der Waals surface area contributed by atoms with E-state index in [1.807, 2.05) is 41.3 Å². The molecule has 6 nitrogen and oxygen atoms in total.